The van der Waals surface area contributed by atoms with Crippen LogP contribution < -0.4 is 24.4 Å². The van der Waals surface area contributed by atoms with E-state index in [1.54, 1.807) is 50.4 Å². The Morgan fingerprint density at radius 1 is 1.19 bits per heavy atom. The van der Waals surface area contributed by atoms with Crippen LogP contribution in [0.15, 0.2) is 40.9 Å². The molecule has 0 radical (unpaired) electrons. The maximum Gasteiger partial charge on any atom is 0.349 e. The number of hydrogen-bond acceptors (Lipinski definition) is 6. The Morgan fingerprint density at radius 2 is 1.87 bits per heavy atom. The molecule has 2 rings (SSSR count). The van der Waals surface area contributed by atoms with E-state index in [-0.39, 0.29) is 18.7 Å². The third-order valence-corrected chi connectivity index (χ3v) is 4.53. The first-order valence-corrected chi connectivity index (χ1v) is 10.4. The predicted molar refractivity (Wildman–Crippen MR) is 120 cm³/mol. The van der Waals surface area contributed by atoms with Gasteiger partial charge in [-0.2, -0.15) is 5.26 Å². The van der Waals surface area contributed by atoms with Gasteiger partial charge >= 0.3 is 12.0 Å². The quantitative estimate of drug-likeness (QED) is 0.439. The van der Waals surface area contributed by atoms with Crippen molar-refractivity contribution >= 4 is 33.6 Å². The van der Waals surface area contributed by atoms with E-state index in [1.807, 2.05) is 19.9 Å². The summed E-state index contributed by atoms with van der Waals surface area (Å²) in [4.78, 5) is 25.7. The molecule has 0 aliphatic heterocycles. The van der Waals surface area contributed by atoms with Gasteiger partial charge in [0.15, 0.2) is 18.1 Å². The number of urea groups is 1. The van der Waals surface area contributed by atoms with Crippen molar-refractivity contribution in [1.29, 1.82) is 5.26 Å². The summed E-state index contributed by atoms with van der Waals surface area (Å²) in [5, 5.41) is 11.9. The van der Waals surface area contributed by atoms with Crippen molar-refractivity contribution in [2.75, 3.05) is 25.2 Å². The van der Waals surface area contributed by atoms with Gasteiger partial charge in [0.2, 0.25) is 0 Å². The summed E-state index contributed by atoms with van der Waals surface area (Å²) < 4.78 is 16.8. The summed E-state index contributed by atoms with van der Waals surface area (Å²) >= 11 is 3.33. The smallest absolute Gasteiger partial charge is 0.349 e. The minimum Gasteiger partial charge on any atom is -0.490 e. The third kappa shape index (κ3) is 6.89. The van der Waals surface area contributed by atoms with Crippen LogP contribution in [-0.4, -0.2) is 38.3 Å². The van der Waals surface area contributed by atoms with E-state index in [2.05, 4.69) is 21.2 Å². The second kappa shape index (κ2) is 11.2. The molecular formula is C22H24BrN3O5. The molecule has 2 aromatic rings. The first-order valence-electron chi connectivity index (χ1n) is 9.59. The summed E-state index contributed by atoms with van der Waals surface area (Å²) in [5.74, 6) is 0.371. The highest BCUT2D eigenvalue weighted by Gasteiger charge is 2.16. The first-order chi connectivity index (χ1) is 14.7. The minimum absolute atomic E-state index is 0.0227. The fourth-order valence-corrected chi connectivity index (χ4v) is 3.08. The number of halogens is 1. The summed E-state index contributed by atoms with van der Waals surface area (Å²) in [6.45, 7) is 5.58. The number of nitrogens with zero attached hydrogens (tertiary/aromatic N) is 2. The molecule has 0 saturated heterocycles. The number of esters is 1. The molecule has 0 aliphatic carbocycles. The monoisotopic (exact) mass is 489 g/mol. The van der Waals surface area contributed by atoms with Gasteiger partial charge in [0, 0.05) is 24.8 Å². The normalized spacial score (nSPS) is 10.2. The van der Waals surface area contributed by atoms with E-state index in [4.69, 9.17) is 19.5 Å². The molecule has 8 nitrogen and oxygen atoms in total. The number of benzene rings is 2. The van der Waals surface area contributed by atoms with Crippen LogP contribution in [0.5, 0.6) is 17.2 Å². The molecule has 0 unspecified atom stereocenters. The molecule has 31 heavy (non-hydrogen) atoms. The number of carbonyl (C=O) groups excluding carboxylic acids is 2. The zero-order chi connectivity index (χ0) is 23.0. The van der Waals surface area contributed by atoms with Crippen LogP contribution in [0.2, 0.25) is 0 Å². The lowest BCUT2D eigenvalue weighted by Crippen LogP contribution is -2.40. The van der Waals surface area contributed by atoms with Gasteiger partial charge in [0.1, 0.15) is 5.75 Å². The predicted octanol–water partition coefficient (Wildman–Crippen LogP) is 4.26. The highest BCUT2D eigenvalue weighted by molar-refractivity contribution is 9.10. The third-order valence-electron chi connectivity index (χ3n) is 3.95. The van der Waals surface area contributed by atoms with Crippen LogP contribution in [0.25, 0.3) is 0 Å². The summed E-state index contributed by atoms with van der Waals surface area (Å²) in [6.07, 6.45) is 0. The number of nitriles is 1. The molecule has 164 valence electrons. The van der Waals surface area contributed by atoms with Gasteiger partial charge in [-0.1, -0.05) is 0 Å². The molecule has 0 aromatic heterocycles. The van der Waals surface area contributed by atoms with Gasteiger partial charge < -0.3 is 19.5 Å². The number of ether oxygens (including phenoxy) is 3. The van der Waals surface area contributed by atoms with Crippen molar-refractivity contribution in [3.05, 3.63) is 46.4 Å². The van der Waals surface area contributed by atoms with Crippen molar-refractivity contribution in [3.8, 4) is 23.3 Å². The molecule has 0 aliphatic rings. The van der Waals surface area contributed by atoms with Crippen LogP contribution >= 0.6 is 15.9 Å². The van der Waals surface area contributed by atoms with Crippen LogP contribution in [0.3, 0.4) is 0 Å². The van der Waals surface area contributed by atoms with Crippen molar-refractivity contribution in [1.82, 2.24) is 5.32 Å². The highest BCUT2D eigenvalue weighted by atomic mass is 79.9. The number of hydrogen-bond donors (Lipinski definition) is 1. The SMILES string of the molecule is CCOc1cc(C#N)cc(Br)c1OCC(=O)Oc1ccc(N(C)C(=O)NC(C)C)cc1. The maximum atomic E-state index is 12.2. The van der Waals surface area contributed by atoms with E-state index in [1.165, 1.54) is 4.90 Å². The lowest BCUT2D eigenvalue weighted by Gasteiger charge is -2.20. The Bertz CT molecular complexity index is 970. The van der Waals surface area contributed by atoms with Crippen LogP contribution in [-0.2, 0) is 4.79 Å². The fourth-order valence-electron chi connectivity index (χ4n) is 2.53. The van der Waals surface area contributed by atoms with Gasteiger partial charge in [-0.05, 0) is 67.0 Å². The van der Waals surface area contributed by atoms with Gasteiger partial charge in [0.05, 0.1) is 22.7 Å². The maximum absolute atomic E-state index is 12.2. The number of amides is 2. The average molecular weight is 490 g/mol. The van der Waals surface area contributed by atoms with E-state index < -0.39 is 5.97 Å². The second-order valence-electron chi connectivity index (χ2n) is 6.75. The molecule has 2 amide bonds. The van der Waals surface area contributed by atoms with E-state index in [9.17, 15) is 9.59 Å². The molecule has 0 bridgehead atoms. The Balaban J connectivity index is 1.99. The number of carbonyl (C=O) groups is 2. The standard InChI is InChI=1S/C22H24BrN3O5/c1-5-29-19-11-15(12-24)10-18(23)21(19)30-13-20(27)31-17-8-6-16(7-9-17)26(4)22(28)25-14(2)3/h6-11,14H,5,13H2,1-4H3,(H,25,28). The van der Waals surface area contributed by atoms with E-state index >= 15 is 0 Å². The van der Waals surface area contributed by atoms with Gasteiger partial charge in [-0.25, -0.2) is 9.59 Å². The van der Waals surface area contributed by atoms with Gasteiger partial charge in [0.25, 0.3) is 0 Å². The lowest BCUT2D eigenvalue weighted by atomic mass is 10.2. The van der Waals surface area contributed by atoms with Crippen molar-refractivity contribution < 1.29 is 23.8 Å². The number of rotatable bonds is 8. The number of anilines is 1. The second-order valence-corrected chi connectivity index (χ2v) is 7.60. The largest absolute Gasteiger partial charge is 0.490 e. The Hall–Kier alpha value is -3.25. The van der Waals surface area contributed by atoms with Crippen LogP contribution in [0.4, 0.5) is 10.5 Å². The molecular weight excluding hydrogens is 466 g/mol. The van der Waals surface area contributed by atoms with Gasteiger partial charge in [-0.3, -0.25) is 4.90 Å². The Labute approximate surface area is 189 Å². The van der Waals surface area contributed by atoms with E-state index in [0.29, 0.717) is 39.6 Å². The molecule has 1 N–H and O–H groups in total. The molecule has 0 spiro atoms. The summed E-state index contributed by atoms with van der Waals surface area (Å²) in [6, 6.07) is 11.5. The van der Waals surface area contributed by atoms with E-state index in [0.717, 1.165) is 0 Å². The molecule has 0 atom stereocenters. The van der Waals surface area contributed by atoms with Crippen LogP contribution in [0, 0.1) is 11.3 Å². The minimum atomic E-state index is -0.614. The topological polar surface area (TPSA) is 101 Å². The first kappa shape index (κ1) is 24.0. The fraction of sp³-hybridized carbons (Fsp3) is 0.318. The molecule has 0 saturated carbocycles. The lowest BCUT2D eigenvalue weighted by molar-refractivity contribution is -0.136. The van der Waals surface area contributed by atoms with Gasteiger partial charge in [-0.15, -0.1) is 0 Å². The Kier molecular flexibility index (Phi) is 8.70. The van der Waals surface area contributed by atoms with Crippen LogP contribution in [0.1, 0.15) is 26.3 Å². The summed E-state index contributed by atoms with van der Waals surface area (Å²) in [5.41, 5.74) is 1.05. The summed E-state index contributed by atoms with van der Waals surface area (Å²) in [7, 11) is 1.65. The zero-order valence-corrected chi connectivity index (χ0v) is 19.4. The highest BCUT2D eigenvalue weighted by Crippen LogP contribution is 2.36. The van der Waals surface area contributed by atoms with Crippen molar-refractivity contribution in [3.63, 3.8) is 0 Å². The molecule has 0 fully saturated rings. The Morgan fingerprint density at radius 3 is 2.45 bits per heavy atom. The van der Waals surface area contributed by atoms with Crippen molar-refractivity contribution in [2.45, 2.75) is 26.8 Å². The molecule has 0 heterocycles. The zero-order valence-electron chi connectivity index (χ0n) is 17.8. The molecule has 2 aromatic carbocycles. The van der Waals surface area contributed by atoms with Crippen molar-refractivity contribution in [2.24, 2.45) is 0 Å². The average Bonchev–Trinajstić information content (AvgIpc) is 2.72. The molecule has 9 heteroatoms. The number of nitrogens with one attached hydrogen (secondary N) is 1.